The summed E-state index contributed by atoms with van der Waals surface area (Å²) in [6.07, 6.45) is -0.639. The number of hydrogen-bond acceptors (Lipinski definition) is 5. The van der Waals surface area contributed by atoms with Gasteiger partial charge in [0.25, 0.3) is 0 Å². The number of nitrogens with one attached hydrogen (secondary N) is 1. The van der Waals surface area contributed by atoms with E-state index in [-0.39, 0.29) is 31.3 Å². The average molecular weight is 349 g/mol. The second-order valence-electron chi connectivity index (χ2n) is 6.25. The van der Waals surface area contributed by atoms with Gasteiger partial charge in [-0.2, -0.15) is 0 Å². The molecule has 0 bridgehead atoms. The van der Waals surface area contributed by atoms with Crippen molar-refractivity contribution >= 4 is 17.8 Å². The van der Waals surface area contributed by atoms with Crippen molar-refractivity contribution in [3.8, 4) is 0 Å². The number of Topliss-reactive ketones (excluding diaryl/α,β-unsaturated/α-hetero) is 1. The zero-order valence-corrected chi connectivity index (χ0v) is 15.3. The van der Waals surface area contributed by atoms with Gasteiger partial charge >= 0.3 is 12.1 Å². The first kappa shape index (κ1) is 20.7. The van der Waals surface area contributed by atoms with Gasteiger partial charge in [-0.15, -0.1) is 0 Å². The standard InChI is InChI=1S/C19H27NO5/c1-5-24-18(22)14(4)11-16(21)17(13(2)3)20-19(23)25-12-15-9-7-6-8-10-15/h6-10,13-14,17H,5,11-12H2,1-4H3,(H,20,23)/t14?,17-/m1/s1. The van der Waals surface area contributed by atoms with Crippen molar-refractivity contribution in [2.45, 2.75) is 46.8 Å². The van der Waals surface area contributed by atoms with Crippen molar-refractivity contribution in [3.05, 3.63) is 35.9 Å². The van der Waals surface area contributed by atoms with E-state index in [1.165, 1.54) is 0 Å². The fourth-order valence-electron chi connectivity index (χ4n) is 2.31. The molecule has 0 aliphatic heterocycles. The fourth-order valence-corrected chi connectivity index (χ4v) is 2.31. The van der Waals surface area contributed by atoms with Crippen LogP contribution in [-0.2, 0) is 25.7 Å². The molecule has 0 radical (unpaired) electrons. The minimum atomic E-state index is -0.708. The maximum Gasteiger partial charge on any atom is 0.408 e. The number of carbonyl (C=O) groups excluding carboxylic acids is 3. The van der Waals surface area contributed by atoms with E-state index in [1.54, 1.807) is 13.8 Å². The Kier molecular flexibility index (Phi) is 8.67. The summed E-state index contributed by atoms with van der Waals surface area (Å²) in [6, 6.07) is 8.57. The van der Waals surface area contributed by atoms with Gasteiger partial charge in [-0.25, -0.2) is 4.79 Å². The highest BCUT2D eigenvalue weighted by atomic mass is 16.5. The van der Waals surface area contributed by atoms with Gasteiger partial charge in [0.1, 0.15) is 6.61 Å². The molecule has 2 atom stereocenters. The molecule has 0 saturated carbocycles. The number of amides is 1. The van der Waals surface area contributed by atoms with Crippen LogP contribution in [0.3, 0.4) is 0 Å². The maximum absolute atomic E-state index is 12.4. The summed E-state index contributed by atoms with van der Waals surface area (Å²) >= 11 is 0. The van der Waals surface area contributed by atoms with E-state index in [4.69, 9.17) is 9.47 Å². The SMILES string of the molecule is CCOC(=O)C(C)CC(=O)[C@H](NC(=O)OCc1ccccc1)C(C)C. The Morgan fingerprint density at radius 2 is 1.68 bits per heavy atom. The Bertz CT molecular complexity index is 570. The lowest BCUT2D eigenvalue weighted by Gasteiger charge is -2.22. The van der Waals surface area contributed by atoms with Crippen LogP contribution < -0.4 is 5.32 Å². The Hall–Kier alpha value is -2.37. The molecule has 138 valence electrons. The summed E-state index contributed by atoms with van der Waals surface area (Å²) in [6.45, 7) is 7.42. The molecule has 0 heterocycles. The van der Waals surface area contributed by atoms with Crippen LogP contribution in [0.1, 0.15) is 39.7 Å². The quantitative estimate of drug-likeness (QED) is 0.693. The first-order valence-electron chi connectivity index (χ1n) is 8.51. The molecular formula is C19H27NO5. The van der Waals surface area contributed by atoms with Crippen LogP contribution in [0.25, 0.3) is 0 Å². The second-order valence-corrected chi connectivity index (χ2v) is 6.25. The third kappa shape index (κ3) is 7.37. The molecule has 1 amide bonds. The largest absolute Gasteiger partial charge is 0.466 e. The highest BCUT2D eigenvalue weighted by molar-refractivity contribution is 5.90. The number of rotatable bonds is 9. The Morgan fingerprint density at radius 3 is 2.24 bits per heavy atom. The molecule has 0 aliphatic carbocycles. The third-order valence-corrected chi connectivity index (χ3v) is 3.70. The molecule has 6 nitrogen and oxygen atoms in total. The molecule has 0 fully saturated rings. The Balaban J connectivity index is 2.56. The molecular weight excluding hydrogens is 322 g/mol. The van der Waals surface area contributed by atoms with Gasteiger partial charge in [0.2, 0.25) is 0 Å². The van der Waals surface area contributed by atoms with Crippen LogP contribution in [0.5, 0.6) is 0 Å². The number of carbonyl (C=O) groups is 3. The predicted molar refractivity (Wildman–Crippen MR) is 93.8 cm³/mol. The highest BCUT2D eigenvalue weighted by Gasteiger charge is 2.28. The topological polar surface area (TPSA) is 81.7 Å². The van der Waals surface area contributed by atoms with E-state index < -0.39 is 24.0 Å². The predicted octanol–water partition coefficient (Wildman–Crippen LogP) is 3.10. The molecule has 1 aromatic rings. The normalized spacial score (nSPS) is 13.0. The smallest absolute Gasteiger partial charge is 0.408 e. The van der Waals surface area contributed by atoms with E-state index >= 15 is 0 Å². The van der Waals surface area contributed by atoms with E-state index in [1.807, 2.05) is 44.2 Å². The van der Waals surface area contributed by atoms with Crippen molar-refractivity contribution in [1.29, 1.82) is 0 Å². The molecule has 1 unspecified atom stereocenters. The van der Waals surface area contributed by atoms with Crippen LogP contribution >= 0.6 is 0 Å². The lowest BCUT2D eigenvalue weighted by Crippen LogP contribution is -2.45. The van der Waals surface area contributed by atoms with Crippen LogP contribution in [0.2, 0.25) is 0 Å². The number of hydrogen-bond donors (Lipinski definition) is 1. The molecule has 1 rings (SSSR count). The summed E-state index contributed by atoms with van der Waals surface area (Å²) in [4.78, 5) is 36.1. The number of benzene rings is 1. The van der Waals surface area contributed by atoms with Crippen molar-refractivity contribution in [3.63, 3.8) is 0 Å². The van der Waals surface area contributed by atoms with Crippen LogP contribution in [0, 0.1) is 11.8 Å². The lowest BCUT2D eigenvalue weighted by molar-refractivity contribution is -0.149. The molecule has 1 aromatic carbocycles. The monoisotopic (exact) mass is 349 g/mol. The molecule has 0 aromatic heterocycles. The van der Waals surface area contributed by atoms with Gasteiger partial charge < -0.3 is 14.8 Å². The Morgan fingerprint density at radius 1 is 1.04 bits per heavy atom. The number of ketones is 1. The van der Waals surface area contributed by atoms with Gasteiger partial charge in [0.05, 0.1) is 18.6 Å². The van der Waals surface area contributed by atoms with E-state index in [0.29, 0.717) is 0 Å². The molecule has 25 heavy (non-hydrogen) atoms. The minimum absolute atomic E-state index is 0.0145. The summed E-state index contributed by atoms with van der Waals surface area (Å²) in [5.41, 5.74) is 0.862. The van der Waals surface area contributed by atoms with Crippen molar-refractivity contribution in [2.75, 3.05) is 6.61 Å². The maximum atomic E-state index is 12.4. The van der Waals surface area contributed by atoms with E-state index in [0.717, 1.165) is 5.56 Å². The zero-order valence-electron chi connectivity index (χ0n) is 15.3. The van der Waals surface area contributed by atoms with Crippen molar-refractivity contribution in [2.24, 2.45) is 11.8 Å². The second kappa shape index (κ2) is 10.5. The highest BCUT2D eigenvalue weighted by Crippen LogP contribution is 2.12. The summed E-state index contributed by atoms with van der Waals surface area (Å²) < 4.78 is 10.1. The van der Waals surface area contributed by atoms with Crippen LogP contribution in [0.4, 0.5) is 4.79 Å². The van der Waals surface area contributed by atoms with E-state index in [2.05, 4.69) is 5.32 Å². The molecule has 6 heteroatoms. The average Bonchev–Trinajstić information content (AvgIpc) is 2.58. The number of alkyl carbamates (subject to hydrolysis) is 1. The molecule has 1 N–H and O–H groups in total. The van der Waals surface area contributed by atoms with Gasteiger partial charge in [0, 0.05) is 6.42 Å². The lowest BCUT2D eigenvalue weighted by atomic mass is 9.93. The molecule has 0 aliphatic rings. The third-order valence-electron chi connectivity index (χ3n) is 3.70. The Labute approximate surface area is 148 Å². The number of ether oxygens (including phenoxy) is 2. The van der Waals surface area contributed by atoms with Crippen LogP contribution in [0.15, 0.2) is 30.3 Å². The van der Waals surface area contributed by atoms with Gasteiger partial charge in [0.15, 0.2) is 5.78 Å². The van der Waals surface area contributed by atoms with Crippen LogP contribution in [-0.4, -0.2) is 30.5 Å². The summed E-state index contributed by atoms with van der Waals surface area (Å²) in [5.74, 6) is -1.29. The zero-order chi connectivity index (χ0) is 18.8. The first-order chi connectivity index (χ1) is 11.8. The van der Waals surface area contributed by atoms with Crippen molar-refractivity contribution < 1.29 is 23.9 Å². The van der Waals surface area contributed by atoms with E-state index in [9.17, 15) is 14.4 Å². The van der Waals surface area contributed by atoms with Gasteiger partial charge in [-0.3, -0.25) is 9.59 Å². The fraction of sp³-hybridized carbons (Fsp3) is 0.526. The molecule has 0 saturated heterocycles. The molecule has 0 spiro atoms. The minimum Gasteiger partial charge on any atom is -0.466 e. The first-order valence-corrected chi connectivity index (χ1v) is 8.51. The van der Waals surface area contributed by atoms with Crippen molar-refractivity contribution in [1.82, 2.24) is 5.32 Å². The number of esters is 1. The van der Waals surface area contributed by atoms with Gasteiger partial charge in [-0.1, -0.05) is 51.1 Å². The summed E-state index contributed by atoms with van der Waals surface area (Å²) in [5, 5.41) is 2.60. The van der Waals surface area contributed by atoms with Gasteiger partial charge in [-0.05, 0) is 18.4 Å². The summed E-state index contributed by atoms with van der Waals surface area (Å²) in [7, 11) is 0.